The van der Waals surface area contributed by atoms with E-state index < -0.39 is 12.1 Å². The van der Waals surface area contributed by atoms with Crippen molar-refractivity contribution in [3.05, 3.63) is 71.1 Å². The Morgan fingerprint density at radius 3 is 2.56 bits per heavy atom. The summed E-state index contributed by atoms with van der Waals surface area (Å²) in [5, 5.41) is 6.82. The summed E-state index contributed by atoms with van der Waals surface area (Å²) in [6.45, 7) is 3.38. The standard InChI is InChI=1S/C32H36N4O4S/c1-20-30(38)34-25(15-21-8-3-2-4-9-21)31(39)36-18-22-14-24(26(36)11-7-13-29(37)33-20)19-35(17-22)32(40)28-16-23-10-5-6-12-27(23)41-28/h2-6,8-10,12,16,20,22,24-26H,7,11,13-15,17-19H2,1H3,(H,33,37)(H,34,38)/t20-,22+,24-,25+,26+/m1/s1. The molecule has 9 heteroatoms. The third-order valence-corrected chi connectivity index (χ3v) is 9.85. The Bertz CT molecular complexity index is 1420. The average Bonchev–Trinajstić information content (AvgIpc) is 3.41. The molecule has 5 atom stereocenters. The number of hydrogen-bond donors (Lipinski definition) is 2. The van der Waals surface area contributed by atoms with Crippen LogP contribution in [-0.2, 0) is 20.8 Å². The van der Waals surface area contributed by atoms with Crippen molar-refractivity contribution in [1.82, 2.24) is 20.4 Å². The fourth-order valence-corrected chi connectivity index (χ4v) is 7.81. The van der Waals surface area contributed by atoms with Crippen LogP contribution in [0.1, 0.15) is 47.8 Å². The molecule has 41 heavy (non-hydrogen) atoms. The van der Waals surface area contributed by atoms with Gasteiger partial charge in [0, 0.05) is 43.2 Å². The van der Waals surface area contributed by atoms with E-state index in [9.17, 15) is 19.2 Å². The van der Waals surface area contributed by atoms with Crippen molar-refractivity contribution in [1.29, 1.82) is 0 Å². The largest absolute Gasteiger partial charge is 0.345 e. The van der Waals surface area contributed by atoms with Gasteiger partial charge in [0.2, 0.25) is 17.7 Å². The number of nitrogens with one attached hydrogen (secondary N) is 2. The van der Waals surface area contributed by atoms with Gasteiger partial charge < -0.3 is 20.4 Å². The van der Waals surface area contributed by atoms with E-state index >= 15 is 0 Å². The van der Waals surface area contributed by atoms with Crippen LogP contribution < -0.4 is 10.6 Å². The minimum Gasteiger partial charge on any atom is -0.345 e. The van der Waals surface area contributed by atoms with Crippen LogP contribution >= 0.6 is 11.3 Å². The predicted molar refractivity (Wildman–Crippen MR) is 158 cm³/mol. The molecule has 4 amide bonds. The molecule has 3 aromatic rings. The highest BCUT2D eigenvalue weighted by Crippen LogP contribution is 2.37. The number of likely N-dealkylation sites (tertiary alicyclic amines) is 1. The van der Waals surface area contributed by atoms with Gasteiger partial charge in [0.25, 0.3) is 5.91 Å². The highest BCUT2D eigenvalue weighted by atomic mass is 32.1. The van der Waals surface area contributed by atoms with E-state index in [2.05, 4.69) is 10.6 Å². The van der Waals surface area contributed by atoms with Crippen molar-refractivity contribution in [3.8, 4) is 0 Å². The van der Waals surface area contributed by atoms with E-state index in [-0.39, 0.29) is 41.5 Å². The van der Waals surface area contributed by atoms with Crippen molar-refractivity contribution >= 4 is 45.1 Å². The number of fused-ring (bicyclic) bond motifs is 5. The van der Waals surface area contributed by atoms with Crippen LogP contribution in [0, 0.1) is 11.8 Å². The monoisotopic (exact) mass is 572 g/mol. The Morgan fingerprint density at radius 1 is 0.976 bits per heavy atom. The van der Waals surface area contributed by atoms with E-state index in [1.807, 2.05) is 70.5 Å². The number of benzene rings is 2. The molecule has 3 aliphatic rings. The summed E-state index contributed by atoms with van der Waals surface area (Å²) < 4.78 is 1.10. The quantitative estimate of drug-likeness (QED) is 0.501. The smallest absolute Gasteiger partial charge is 0.263 e. The lowest BCUT2D eigenvalue weighted by molar-refractivity contribution is -0.145. The average molecular weight is 573 g/mol. The maximum absolute atomic E-state index is 14.2. The molecule has 3 fully saturated rings. The molecule has 3 saturated heterocycles. The number of hydrogen-bond acceptors (Lipinski definition) is 5. The molecule has 0 saturated carbocycles. The summed E-state index contributed by atoms with van der Waals surface area (Å²) >= 11 is 1.53. The molecule has 2 N–H and O–H groups in total. The lowest BCUT2D eigenvalue weighted by Crippen LogP contribution is -2.63. The van der Waals surface area contributed by atoms with Crippen molar-refractivity contribution < 1.29 is 19.2 Å². The number of piperidine rings is 2. The summed E-state index contributed by atoms with van der Waals surface area (Å²) in [5.74, 6) is -0.272. The molecule has 2 aromatic carbocycles. The number of amides is 4. The predicted octanol–water partition coefficient (Wildman–Crippen LogP) is 3.61. The van der Waals surface area contributed by atoms with Crippen LogP contribution in [0.25, 0.3) is 10.1 Å². The highest BCUT2D eigenvalue weighted by Gasteiger charge is 2.45. The summed E-state index contributed by atoms with van der Waals surface area (Å²) in [6, 6.07) is 18.2. The van der Waals surface area contributed by atoms with Crippen LogP contribution in [0.2, 0.25) is 0 Å². The fourth-order valence-electron chi connectivity index (χ4n) is 6.78. The summed E-state index contributed by atoms with van der Waals surface area (Å²) in [7, 11) is 0. The van der Waals surface area contributed by atoms with Gasteiger partial charge in [0.1, 0.15) is 12.1 Å². The number of rotatable bonds is 3. The van der Waals surface area contributed by atoms with Crippen molar-refractivity contribution in [2.45, 2.75) is 57.2 Å². The topological polar surface area (TPSA) is 98.8 Å². The Balaban J connectivity index is 1.26. The van der Waals surface area contributed by atoms with Gasteiger partial charge in [-0.2, -0.15) is 0 Å². The maximum Gasteiger partial charge on any atom is 0.263 e. The summed E-state index contributed by atoms with van der Waals surface area (Å²) in [6.07, 6.45) is 2.92. The third kappa shape index (κ3) is 5.86. The molecule has 1 aromatic heterocycles. The molecular weight excluding hydrogens is 536 g/mol. The van der Waals surface area contributed by atoms with Crippen LogP contribution in [0.5, 0.6) is 0 Å². The molecule has 2 bridgehead atoms. The fraction of sp³-hybridized carbons (Fsp3) is 0.438. The second kappa shape index (κ2) is 11.6. The van der Waals surface area contributed by atoms with Gasteiger partial charge in [0.05, 0.1) is 4.88 Å². The molecule has 0 unspecified atom stereocenters. The third-order valence-electron chi connectivity index (χ3n) is 8.75. The molecule has 8 nitrogen and oxygen atoms in total. The normalized spacial score (nSPS) is 27.3. The molecule has 0 radical (unpaired) electrons. The van der Waals surface area contributed by atoms with Gasteiger partial charge in [-0.15, -0.1) is 11.3 Å². The maximum atomic E-state index is 14.2. The van der Waals surface area contributed by atoms with E-state index in [0.29, 0.717) is 45.3 Å². The second-order valence-electron chi connectivity index (χ2n) is 11.7. The Kier molecular flexibility index (Phi) is 7.79. The Hall–Kier alpha value is -3.72. The van der Waals surface area contributed by atoms with E-state index in [0.717, 1.165) is 26.9 Å². The lowest BCUT2D eigenvalue weighted by atomic mass is 9.77. The molecule has 4 heterocycles. The van der Waals surface area contributed by atoms with Gasteiger partial charge in [-0.05, 0) is 61.1 Å². The number of nitrogens with zero attached hydrogens (tertiary/aromatic N) is 2. The zero-order valence-corrected chi connectivity index (χ0v) is 24.1. The van der Waals surface area contributed by atoms with E-state index in [1.54, 1.807) is 6.92 Å². The molecular formula is C32H36N4O4S. The Labute approximate surface area is 244 Å². The molecule has 0 aliphatic carbocycles. The van der Waals surface area contributed by atoms with Gasteiger partial charge in [-0.25, -0.2) is 0 Å². The number of carbonyl (C=O) groups is 4. The summed E-state index contributed by atoms with van der Waals surface area (Å²) in [4.78, 5) is 58.2. The first-order valence-electron chi connectivity index (χ1n) is 14.6. The Morgan fingerprint density at radius 2 is 1.76 bits per heavy atom. The highest BCUT2D eigenvalue weighted by molar-refractivity contribution is 7.20. The minimum atomic E-state index is -0.735. The van der Waals surface area contributed by atoms with E-state index in [4.69, 9.17) is 0 Å². The zero-order valence-electron chi connectivity index (χ0n) is 23.3. The van der Waals surface area contributed by atoms with Gasteiger partial charge in [0.15, 0.2) is 0 Å². The van der Waals surface area contributed by atoms with Gasteiger partial charge in [-0.3, -0.25) is 19.2 Å². The van der Waals surface area contributed by atoms with Crippen LogP contribution in [-0.4, -0.2) is 71.2 Å². The molecule has 214 valence electrons. The number of thiophene rings is 1. The summed E-state index contributed by atoms with van der Waals surface area (Å²) in [5.41, 5.74) is 0.962. The zero-order chi connectivity index (χ0) is 28.5. The minimum absolute atomic E-state index is 0.0522. The second-order valence-corrected chi connectivity index (χ2v) is 12.8. The van der Waals surface area contributed by atoms with Crippen LogP contribution in [0.3, 0.4) is 0 Å². The molecule has 6 rings (SSSR count). The van der Waals surface area contributed by atoms with Gasteiger partial charge >= 0.3 is 0 Å². The SMILES string of the molecule is C[C@H]1NC(=O)CCC[C@H]2[C@@H]3C[C@@H](CN(C(=O)c4cc5ccccc5s4)C3)CN2C(=O)[C@H](Cc2ccccc2)NC1=O. The lowest BCUT2D eigenvalue weighted by Gasteiger charge is -2.51. The van der Waals surface area contributed by atoms with Crippen molar-refractivity contribution in [2.24, 2.45) is 11.8 Å². The van der Waals surface area contributed by atoms with Crippen molar-refractivity contribution in [2.75, 3.05) is 19.6 Å². The number of carbonyl (C=O) groups excluding carboxylic acids is 4. The molecule has 3 aliphatic heterocycles. The first kappa shape index (κ1) is 27.4. The van der Waals surface area contributed by atoms with Crippen LogP contribution in [0.15, 0.2) is 60.7 Å². The first-order valence-corrected chi connectivity index (χ1v) is 15.4. The first-order chi connectivity index (χ1) is 19.9. The molecule has 0 spiro atoms. The van der Waals surface area contributed by atoms with Crippen molar-refractivity contribution in [3.63, 3.8) is 0 Å². The van der Waals surface area contributed by atoms with Crippen LogP contribution in [0.4, 0.5) is 0 Å². The van der Waals surface area contributed by atoms with Gasteiger partial charge in [-0.1, -0.05) is 48.5 Å². The van der Waals surface area contributed by atoms with E-state index in [1.165, 1.54) is 11.3 Å².